The Kier molecular flexibility index (Phi) is 6.80. The van der Waals surface area contributed by atoms with Gasteiger partial charge in [-0.15, -0.1) is 0 Å². The number of rotatable bonds is 0. The zero-order valence-corrected chi connectivity index (χ0v) is 11.6. The van der Waals surface area contributed by atoms with Crippen molar-refractivity contribution in [1.82, 2.24) is 15.5 Å². The van der Waals surface area contributed by atoms with Crippen molar-refractivity contribution in [3.05, 3.63) is 0 Å². The SMILES string of the molecule is CC.CC.CN1CCC2(CC1)NC(=O)NC2=O. The van der Waals surface area contributed by atoms with Crippen LogP contribution in [0, 0.1) is 0 Å². The Bertz CT molecular complexity index is 258. The van der Waals surface area contributed by atoms with E-state index in [2.05, 4.69) is 15.5 Å². The molecule has 0 saturated carbocycles. The first kappa shape index (κ1) is 15.9. The maximum absolute atomic E-state index is 11.5. The number of carbonyl (C=O) groups excluding carboxylic acids is 2. The van der Waals surface area contributed by atoms with Crippen molar-refractivity contribution in [2.24, 2.45) is 0 Å². The lowest BCUT2D eigenvalue weighted by Crippen LogP contribution is -2.54. The summed E-state index contributed by atoms with van der Waals surface area (Å²) in [5.41, 5.74) is -0.608. The van der Waals surface area contributed by atoms with E-state index in [1.165, 1.54) is 0 Å². The van der Waals surface area contributed by atoms with Crippen LogP contribution < -0.4 is 10.6 Å². The van der Waals surface area contributed by atoms with E-state index in [0.717, 1.165) is 13.1 Å². The second-order valence-electron chi connectivity index (χ2n) is 3.79. The Labute approximate surface area is 104 Å². The number of piperidine rings is 1. The van der Waals surface area contributed by atoms with Gasteiger partial charge in [-0.2, -0.15) is 0 Å². The first-order valence-electron chi connectivity index (χ1n) is 6.45. The van der Waals surface area contributed by atoms with E-state index in [9.17, 15) is 9.59 Å². The molecule has 0 unspecified atom stereocenters. The summed E-state index contributed by atoms with van der Waals surface area (Å²) >= 11 is 0. The molecular weight excluding hydrogens is 218 g/mol. The number of carbonyl (C=O) groups is 2. The number of nitrogens with zero attached hydrogens (tertiary/aromatic N) is 1. The minimum Gasteiger partial charge on any atom is -0.323 e. The van der Waals surface area contributed by atoms with Crippen LogP contribution in [0.25, 0.3) is 0 Å². The van der Waals surface area contributed by atoms with Crippen molar-refractivity contribution in [2.45, 2.75) is 46.1 Å². The molecule has 2 heterocycles. The molecule has 0 atom stereocenters. The lowest BCUT2D eigenvalue weighted by Gasteiger charge is -2.34. The fraction of sp³-hybridized carbons (Fsp3) is 0.833. The smallest absolute Gasteiger partial charge is 0.322 e. The minimum absolute atomic E-state index is 0.161. The van der Waals surface area contributed by atoms with Gasteiger partial charge in [0.1, 0.15) is 5.54 Å². The summed E-state index contributed by atoms with van der Waals surface area (Å²) in [5.74, 6) is -0.161. The van der Waals surface area contributed by atoms with Gasteiger partial charge in [-0.3, -0.25) is 10.1 Å². The largest absolute Gasteiger partial charge is 0.323 e. The highest BCUT2D eigenvalue weighted by molar-refractivity contribution is 6.07. The van der Waals surface area contributed by atoms with E-state index in [4.69, 9.17) is 0 Å². The molecule has 1 spiro atoms. The van der Waals surface area contributed by atoms with Crippen LogP contribution in [0.3, 0.4) is 0 Å². The number of likely N-dealkylation sites (tertiary alicyclic amines) is 1. The Morgan fingerprint density at radius 1 is 1.06 bits per heavy atom. The van der Waals surface area contributed by atoms with Gasteiger partial charge in [0.25, 0.3) is 5.91 Å². The predicted octanol–water partition coefficient (Wildman–Crippen LogP) is 1.34. The van der Waals surface area contributed by atoms with Crippen LogP contribution in [0.4, 0.5) is 4.79 Å². The van der Waals surface area contributed by atoms with Gasteiger partial charge < -0.3 is 10.2 Å². The molecule has 2 aliphatic rings. The second kappa shape index (κ2) is 7.27. The standard InChI is InChI=1S/C8H13N3O2.2C2H6/c1-11-4-2-8(3-5-11)6(12)9-7(13)10-8;2*1-2/h2-5H2,1H3,(H2,9,10,12,13);2*1-2H3. The van der Waals surface area contributed by atoms with E-state index in [0.29, 0.717) is 12.8 Å². The van der Waals surface area contributed by atoms with Crippen LogP contribution in [0.15, 0.2) is 0 Å². The van der Waals surface area contributed by atoms with Crippen LogP contribution in [0.5, 0.6) is 0 Å². The van der Waals surface area contributed by atoms with Gasteiger partial charge in [-0.25, -0.2) is 4.79 Å². The summed E-state index contributed by atoms with van der Waals surface area (Å²) < 4.78 is 0. The van der Waals surface area contributed by atoms with Gasteiger partial charge in [0.2, 0.25) is 0 Å². The highest BCUT2D eigenvalue weighted by atomic mass is 16.2. The molecule has 2 N–H and O–H groups in total. The van der Waals surface area contributed by atoms with E-state index in [-0.39, 0.29) is 11.9 Å². The molecule has 100 valence electrons. The van der Waals surface area contributed by atoms with Gasteiger partial charge in [0, 0.05) is 13.1 Å². The average molecular weight is 243 g/mol. The Balaban J connectivity index is 0.000000581. The third-order valence-electron chi connectivity index (χ3n) is 2.86. The van der Waals surface area contributed by atoms with Gasteiger partial charge >= 0.3 is 6.03 Å². The van der Waals surface area contributed by atoms with Crippen LogP contribution >= 0.6 is 0 Å². The highest BCUT2D eigenvalue weighted by Crippen LogP contribution is 2.24. The van der Waals surface area contributed by atoms with Crippen molar-refractivity contribution in [3.63, 3.8) is 0 Å². The van der Waals surface area contributed by atoms with Crippen molar-refractivity contribution >= 4 is 11.9 Å². The first-order valence-corrected chi connectivity index (χ1v) is 6.45. The lowest BCUT2D eigenvalue weighted by molar-refractivity contribution is -0.125. The van der Waals surface area contributed by atoms with Gasteiger partial charge in [0.15, 0.2) is 0 Å². The molecule has 2 aliphatic heterocycles. The molecule has 0 aliphatic carbocycles. The highest BCUT2D eigenvalue weighted by Gasteiger charge is 2.47. The second-order valence-corrected chi connectivity index (χ2v) is 3.79. The normalized spacial score (nSPS) is 21.7. The fourth-order valence-electron chi connectivity index (χ4n) is 1.88. The Morgan fingerprint density at radius 3 is 1.88 bits per heavy atom. The monoisotopic (exact) mass is 243 g/mol. The third-order valence-corrected chi connectivity index (χ3v) is 2.86. The maximum atomic E-state index is 11.5. The van der Waals surface area contributed by atoms with Crippen molar-refractivity contribution in [2.75, 3.05) is 20.1 Å². The Morgan fingerprint density at radius 2 is 1.53 bits per heavy atom. The van der Waals surface area contributed by atoms with Crippen molar-refractivity contribution in [3.8, 4) is 0 Å². The summed E-state index contributed by atoms with van der Waals surface area (Å²) in [5, 5.41) is 5.00. The number of urea groups is 1. The van der Waals surface area contributed by atoms with E-state index in [1.807, 2.05) is 34.7 Å². The molecule has 0 radical (unpaired) electrons. The van der Waals surface area contributed by atoms with Crippen LogP contribution in [-0.2, 0) is 4.79 Å². The van der Waals surface area contributed by atoms with Gasteiger partial charge in [0.05, 0.1) is 0 Å². The summed E-state index contributed by atoms with van der Waals surface area (Å²) in [6.07, 6.45) is 1.42. The molecule has 0 aromatic heterocycles. The van der Waals surface area contributed by atoms with E-state index >= 15 is 0 Å². The molecule has 2 saturated heterocycles. The molecule has 0 aromatic rings. The van der Waals surface area contributed by atoms with Crippen LogP contribution in [0.2, 0.25) is 0 Å². The number of hydrogen-bond acceptors (Lipinski definition) is 3. The average Bonchev–Trinajstić information content (AvgIpc) is 2.64. The molecule has 0 aromatic carbocycles. The van der Waals surface area contributed by atoms with E-state index < -0.39 is 5.54 Å². The molecular formula is C12H25N3O2. The quantitative estimate of drug-likeness (QED) is 0.631. The predicted molar refractivity (Wildman–Crippen MR) is 68.8 cm³/mol. The number of hydrogen-bond donors (Lipinski definition) is 2. The molecule has 2 fully saturated rings. The van der Waals surface area contributed by atoms with Crippen LogP contribution in [0.1, 0.15) is 40.5 Å². The van der Waals surface area contributed by atoms with Gasteiger partial charge in [-0.05, 0) is 19.9 Å². The topological polar surface area (TPSA) is 61.4 Å². The van der Waals surface area contributed by atoms with Gasteiger partial charge in [-0.1, -0.05) is 27.7 Å². The van der Waals surface area contributed by atoms with E-state index in [1.54, 1.807) is 0 Å². The fourth-order valence-corrected chi connectivity index (χ4v) is 1.88. The lowest BCUT2D eigenvalue weighted by atomic mass is 9.88. The maximum Gasteiger partial charge on any atom is 0.322 e. The molecule has 5 nitrogen and oxygen atoms in total. The van der Waals surface area contributed by atoms with Crippen molar-refractivity contribution < 1.29 is 9.59 Å². The summed E-state index contributed by atoms with van der Waals surface area (Å²) in [6.45, 7) is 9.71. The molecule has 2 rings (SSSR count). The third kappa shape index (κ3) is 3.70. The number of amides is 3. The number of imide groups is 1. The molecule has 3 amide bonds. The molecule has 0 bridgehead atoms. The molecule has 17 heavy (non-hydrogen) atoms. The zero-order valence-electron chi connectivity index (χ0n) is 11.6. The Hall–Kier alpha value is -1.10. The first-order chi connectivity index (χ1) is 8.12. The summed E-state index contributed by atoms with van der Waals surface area (Å²) in [4.78, 5) is 24.6. The van der Waals surface area contributed by atoms with Crippen molar-refractivity contribution in [1.29, 1.82) is 0 Å². The van der Waals surface area contributed by atoms with Crippen LogP contribution in [-0.4, -0.2) is 42.5 Å². The summed E-state index contributed by atoms with van der Waals surface area (Å²) in [7, 11) is 2.02. The molecule has 5 heteroatoms. The zero-order chi connectivity index (χ0) is 13.5. The summed E-state index contributed by atoms with van der Waals surface area (Å²) in [6, 6.07) is -0.352. The number of nitrogens with one attached hydrogen (secondary N) is 2. The minimum atomic E-state index is -0.608.